The molecule has 0 saturated carbocycles. The van der Waals surface area contributed by atoms with E-state index in [0.717, 1.165) is 21.9 Å². The number of hydrazone groups is 1. The quantitative estimate of drug-likeness (QED) is 0.450. The van der Waals surface area contributed by atoms with Gasteiger partial charge in [0, 0.05) is 10.6 Å². The molecule has 0 bridgehead atoms. The molecule has 1 N–H and O–H groups in total. The summed E-state index contributed by atoms with van der Waals surface area (Å²) in [6.45, 7) is 1.96. The number of amides is 1. The van der Waals surface area contributed by atoms with Gasteiger partial charge in [0.2, 0.25) is 5.91 Å². The summed E-state index contributed by atoms with van der Waals surface area (Å²) in [6.07, 6.45) is 0.895. The first-order valence-electron chi connectivity index (χ1n) is 8.36. The van der Waals surface area contributed by atoms with E-state index in [0.29, 0.717) is 22.2 Å². The molecular weight excluding hydrogens is 367 g/mol. The number of halogens is 2. The molecule has 0 unspecified atom stereocenters. The maximum atomic E-state index is 12.4. The first-order chi connectivity index (χ1) is 12.6. The third-order valence-corrected chi connectivity index (χ3v) is 4.67. The second-order valence-corrected chi connectivity index (χ2v) is 6.73. The first-order valence-corrected chi connectivity index (χ1v) is 9.11. The van der Waals surface area contributed by atoms with E-state index < -0.39 is 0 Å². The Kier molecular flexibility index (Phi) is 5.92. The summed E-state index contributed by atoms with van der Waals surface area (Å²) in [5.74, 6) is -0.169. The van der Waals surface area contributed by atoms with Crippen molar-refractivity contribution in [3.8, 4) is 0 Å². The number of rotatable bonds is 5. The predicted molar refractivity (Wildman–Crippen MR) is 109 cm³/mol. The van der Waals surface area contributed by atoms with Gasteiger partial charge >= 0.3 is 0 Å². The van der Waals surface area contributed by atoms with Crippen LogP contribution in [0.5, 0.6) is 0 Å². The average Bonchev–Trinajstić information content (AvgIpc) is 2.64. The van der Waals surface area contributed by atoms with Crippen LogP contribution in [0, 0.1) is 0 Å². The zero-order chi connectivity index (χ0) is 18.5. The van der Waals surface area contributed by atoms with Crippen molar-refractivity contribution in [3.63, 3.8) is 0 Å². The maximum Gasteiger partial charge on any atom is 0.244 e. The molecule has 0 fully saturated rings. The minimum atomic E-state index is -0.169. The molecule has 3 rings (SSSR count). The standard InChI is InChI=1S/C21H18Cl2N2O/c1-2-20(18-11-10-16(22)13-19(18)23)24-25-21(26)12-15-8-5-7-14-6-3-4-9-17(14)15/h3-11,13H,2,12H2,1H3,(H,25,26). The number of carbonyl (C=O) groups is 1. The number of hydrogen-bond donors (Lipinski definition) is 1. The first kappa shape index (κ1) is 18.4. The molecule has 5 heteroatoms. The summed E-state index contributed by atoms with van der Waals surface area (Å²) in [5, 5.41) is 7.54. The Hall–Kier alpha value is -2.36. The van der Waals surface area contributed by atoms with Gasteiger partial charge in [-0.15, -0.1) is 0 Å². The van der Waals surface area contributed by atoms with E-state index >= 15 is 0 Å². The Labute approximate surface area is 162 Å². The summed E-state index contributed by atoms with van der Waals surface area (Å²) in [6, 6.07) is 19.2. The van der Waals surface area contributed by atoms with Crippen LogP contribution in [0.2, 0.25) is 10.0 Å². The number of carbonyl (C=O) groups excluding carboxylic acids is 1. The molecule has 1 amide bonds. The highest BCUT2D eigenvalue weighted by atomic mass is 35.5. The minimum absolute atomic E-state index is 0.169. The van der Waals surface area contributed by atoms with Gasteiger partial charge in [0.25, 0.3) is 0 Å². The average molecular weight is 385 g/mol. The van der Waals surface area contributed by atoms with Crippen LogP contribution in [-0.4, -0.2) is 11.6 Å². The van der Waals surface area contributed by atoms with Crippen molar-refractivity contribution in [3.05, 3.63) is 81.8 Å². The fourth-order valence-corrected chi connectivity index (χ4v) is 3.36. The molecule has 0 spiro atoms. The van der Waals surface area contributed by atoms with Gasteiger partial charge in [-0.2, -0.15) is 5.10 Å². The van der Waals surface area contributed by atoms with Crippen LogP contribution in [-0.2, 0) is 11.2 Å². The van der Waals surface area contributed by atoms with Gasteiger partial charge in [-0.1, -0.05) is 78.7 Å². The van der Waals surface area contributed by atoms with Crippen LogP contribution in [0.4, 0.5) is 0 Å². The number of benzene rings is 3. The number of fused-ring (bicyclic) bond motifs is 1. The SMILES string of the molecule is CCC(=NNC(=O)Cc1cccc2ccccc12)c1ccc(Cl)cc1Cl. The van der Waals surface area contributed by atoms with Crippen molar-refractivity contribution in [2.45, 2.75) is 19.8 Å². The molecule has 0 aromatic heterocycles. The molecule has 0 heterocycles. The summed E-state index contributed by atoms with van der Waals surface area (Å²) >= 11 is 12.2. The smallest absolute Gasteiger partial charge is 0.244 e. The van der Waals surface area contributed by atoms with E-state index in [1.165, 1.54) is 0 Å². The molecule has 0 aliphatic carbocycles. The topological polar surface area (TPSA) is 41.5 Å². The summed E-state index contributed by atoms with van der Waals surface area (Å²) < 4.78 is 0. The maximum absolute atomic E-state index is 12.4. The zero-order valence-corrected chi connectivity index (χ0v) is 15.8. The second-order valence-electron chi connectivity index (χ2n) is 5.89. The van der Waals surface area contributed by atoms with Crippen molar-refractivity contribution in [2.24, 2.45) is 5.10 Å². The fourth-order valence-electron chi connectivity index (χ4n) is 2.84. The largest absolute Gasteiger partial charge is 0.273 e. The van der Waals surface area contributed by atoms with Gasteiger partial charge in [-0.05, 0) is 34.9 Å². The van der Waals surface area contributed by atoms with Gasteiger partial charge in [0.05, 0.1) is 17.2 Å². The highest BCUT2D eigenvalue weighted by Gasteiger charge is 2.10. The zero-order valence-electron chi connectivity index (χ0n) is 14.3. The molecule has 132 valence electrons. The molecule has 3 aromatic rings. The normalized spacial score (nSPS) is 11.6. The Balaban J connectivity index is 1.77. The lowest BCUT2D eigenvalue weighted by Gasteiger charge is -2.09. The molecule has 0 radical (unpaired) electrons. The number of hydrogen-bond acceptors (Lipinski definition) is 2. The summed E-state index contributed by atoms with van der Waals surface area (Å²) in [7, 11) is 0. The third-order valence-electron chi connectivity index (χ3n) is 4.12. The second kappa shape index (κ2) is 8.35. The molecular formula is C21H18Cl2N2O. The van der Waals surface area contributed by atoms with E-state index in [1.54, 1.807) is 12.1 Å². The molecule has 0 saturated heterocycles. The van der Waals surface area contributed by atoms with Crippen molar-refractivity contribution in [1.29, 1.82) is 0 Å². The summed E-state index contributed by atoms with van der Waals surface area (Å²) in [5.41, 5.74) is 5.09. The number of nitrogens with one attached hydrogen (secondary N) is 1. The van der Waals surface area contributed by atoms with E-state index in [2.05, 4.69) is 10.5 Å². The van der Waals surface area contributed by atoms with Crippen molar-refractivity contribution < 1.29 is 4.79 Å². The Morgan fingerprint density at radius 3 is 2.58 bits per heavy atom. The Morgan fingerprint density at radius 1 is 1.04 bits per heavy atom. The van der Waals surface area contributed by atoms with Crippen molar-refractivity contribution in [1.82, 2.24) is 5.43 Å². The van der Waals surface area contributed by atoms with Gasteiger partial charge in [0.15, 0.2) is 0 Å². The lowest BCUT2D eigenvalue weighted by molar-refractivity contribution is -0.120. The van der Waals surface area contributed by atoms with Crippen LogP contribution in [0.25, 0.3) is 10.8 Å². The van der Waals surface area contributed by atoms with Gasteiger partial charge < -0.3 is 0 Å². The van der Waals surface area contributed by atoms with Crippen LogP contribution in [0.1, 0.15) is 24.5 Å². The van der Waals surface area contributed by atoms with Crippen molar-refractivity contribution >= 4 is 45.6 Å². The minimum Gasteiger partial charge on any atom is -0.273 e. The molecule has 0 aliphatic heterocycles. The lowest BCUT2D eigenvalue weighted by atomic mass is 10.0. The molecule has 0 aliphatic rings. The van der Waals surface area contributed by atoms with Gasteiger partial charge in [0.1, 0.15) is 0 Å². The predicted octanol–water partition coefficient (Wildman–Crippen LogP) is 5.62. The Bertz CT molecular complexity index is 977. The Morgan fingerprint density at radius 2 is 1.81 bits per heavy atom. The lowest BCUT2D eigenvalue weighted by Crippen LogP contribution is -2.22. The van der Waals surface area contributed by atoms with Crippen LogP contribution in [0.3, 0.4) is 0 Å². The molecule has 0 atom stereocenters. The molecule has 3 aromatic carbocycles. The third kappa shape index (κ3) is 4.24. The monoisotopic (exact) mass is 384 g/mol. The van der Waals surface area contributed by atoms with E-state index in [1.807, 2.05) is 55.5 Å². The molecule has 26 heavy (non-hydrogen) atoms. The van der Waals surface area contributed by atoms with Gasteiger partial charge in [-0.25, -0.2) is 5.43 Å². The van der Waals surface area contributed by atoms with Crippen molar-refractivity contribution in [2.75, 3.05) is 0 Å². The van der Waals surface area contributed by atoms with E-state index in [9.17, 15) is 4.79 Å². The van der Waals surface area contributed by atoms with Crippen LogP contribution >= 0.6 is 23.2 Å². The number of nitrogens with zero attached hydrogens (tertiary/aromatic N) is 1. The van der Waals surface area contributed by atoms with Crippen LogP contribution < -0.4 is 5.43 Å². The van der Waals surface area contributed by atoms with E-state index in [-0.39, 0.29) is 12.3 Å². The van der Waals surface area contributed by atoms with E-state index in [4.69, 9.17) is 23.2 Å². The summed E-state index contributed by atoms with van der Waals surface area (Å²) in [4.78, 5) is 12.4. The fraction of sp³-hybridized carbons (Fsp3) is 0.143. The highest BCUT2D eigenvalue weighted by Crippen LogP contribution is 2.22. The highest BCUT2D eigenvalue weighted by molar-refractivity contribution is 6.37. The molecule has 3 nitrogen and oxygen atoms in total. The van der Waals surface area contributed by atoms with Crippen LogP contribution in [0.15, 0.2) is 65.8 Å². The van der Waals surface area contributed by atoms with Gasteiger partial charge in [-0.3, -0.25) is 4.79 Å².